The van der Waals surface area contributed by atoms with E-state index >= 15 is 0 Å². The lowest BCUT2D eigenvalue weighted by atomic mass is 10.2. The standard InChI is InChI=1S/C9H6N4/c10-3-9-12-5-8(6-13-9)7-1-2-11-4-7/h1-2,4-6,11H. The third kappa shape index (κ3) is 1.40. The Labute approximate surface area is 74.9 Å². The van der Waals surface area contributed by atoms with E-state index in [1.807, 2.05) is 24.5 Å². The van der Waals surface area contributed by atoms with Crippen molar-refractivity contribution in [3.8, 4) is 17.2 Å². The van der Waals surface area contributed by atoms with E-state index in [-0.39, 0.29) is 5.82 Å². The van der Waals surface area contributed by atoms with Gasteiger partial charge in [0.05, 0.1) is 0 Å². The van der Waals surface area contributed by atoms with E-state index in [4.69, 9.17) is 5.26 Å². The predicted molar refractivity (Wildman–Crippen MR) is 46.5 cm³/mol. The van der Waals surface area contributed by atoms with Crippen molar-refractivity contribution < 1.29 is 0 Å². The Morgan fingerprint density at radius 1 is 1.23 bits per heavy atom. The molecule has 4 nitrogen and oxygen atoms in total. The van der Waals surface area contributed by atoms with Gasteiger partial charge >= 0.3 is 0 Å². The molecular formula is C9H6N4. The molecule has 0 bridgehead atoms. The summed E-state index contributed by atoms with van der Waals surface area (Å²) in [6.45, 7) is 0. The van der Waals surface area contributed by atoms with E-state index in [1.54, 1.807) is 12.4 Å². The van der Waals surface area contributed by atoms with Crippen LogP contribution in [0.2, 0.25) is 0 Å². The molecule has 0 aliphatic heterocycles. The molecule has 2 rings (SSSR count). The number of hydrogen-bond donors (Lipinski definition) is 1. The zero-order chi connectivity index (χ0) is 9.10. The lowest BCUT2D eigenvalue weighted by molar-refractivity contribution is 1.12. The Morgan fingerprint density at radius 2 is 2.00 bits per heavy atom. The van der Waals surface area contributed by atoms with E-state index in [1.165, 1.54) is 0 Å². The van der Waals surface area contributed by atoms with Crippen LogP contribution < -0.4 is 0 Å². The fourth-order valence-electron chi connectivity index (χ4n) is 1.04. The summed E-state index contributed by atoms with van der Waals surface area (Å²) in [5.74, 6) is 0.194. The number of aromatic nitrogens is 3. The average Bonchev–Trinajstić information content (AvgIpc) is 2.71. The van der Waals surface area contributed by atoms with Gasteiger partial charge in [-0.3, -0.25) is 0 Å². The zero-order valence-corrected chi connectivity index (χ0v) is 6.73. The number of rotatable bonds is 1. The fraction of sp³-hybridized carbons (Fsp3) is 0. The maximum Gasteiger partial charge on any atom is 0.232 e. The predicted octanol–water partition coefficient (Wildman–Crippen LogP) is 1.34. The van der Waals surface area contributed by atoms with Gasteiger partial charge < -0.3 is 4.98 Å². The molecule has 0 aliphatic carbocycles. The average molecular weight is 170 g/mol. The van der Waals surface area contributed by atoms with Crippen LogP contribution in [0, 0.1) is 11.3 Å². The van der Waals surface area contributed by atoms with Gasteiger partial charge in [-0.15, -0.1) is 0 Å². The topological polar surface area (TPSA) is 65.4 Å². The van der Waals surface area contributed by atoms with Gasteiger partial charge in [-0.05, 0) is 6.07 Å². The minimum atomic E-state index is 0.194. The van der Waals surface area contributed by atoms with Crippen LogP contribution >= 0.6 is 0 Å². The lowest BCUT2D eigenvalue weighted by Gasteiger charge is -1.94. The number of hydrogen-bond acceptors (Lipinski definition) is 3. The van der Waals surface area contributed by atoms with Gasteiger partial charge in [0.2, 0.25) is 5.82 Å². The Hall–Kier alpha value is -2.15. The molecule has 0 aromatic carbocycles. The summed E-state index contributed by atoms with van der Waals surface area (Å²) < 4.78 is 0. The summed E-state index contributed by atoms with van der Waals surface area (Å²) in [6, 6.07) is 3.79. The highest BCUT2D eigenvalue weighted by Gasteiger charge is 1.98. The maximum atomic E-state index is 8.48. The molecule has 0 unspecified atom stereocenters. The highest BCUT2D eigenvalue weighted by atomic mass is 14.9. The lowest BCUT2D eigenvalue weighted by Crippen LogP contribution is -1.87. The van der Waals surface area contributed by atoms with Crippen molar-refractivity contribution in [3.05, 3.63) is 36.7 Å². The van der Waals surface area contributed by atoms with Crippen molar-refractivity contribution in [2.24, 2.45) is 0 Å². The molecule has 0 atom stereocenters. The van der Waals surface area contributed by atoms with E-state index in [9.17, 15) is 0 Å². The summed E-state index contributed by atoms with van der Waals surface area (Å²) in [5.41, 5.74) is 1.92. The molecule has 0 aliphatic rings. The van der Waals surface area contributed by atoms with Crippen LogP contribution in [0.5, 0.6) is 0 Å². The molecule has 2 heterocycles. The van der Waals surface area contributed by atoms with Crippen molar-refractivity contribution >= 4 is 0 Å². The molecule has 4 heteroatoms. The second-order valence-corrected chi connectivity index (χ2v) is 2.51. The van der Waals surface area contributed by atoms with Gasteiger partial charge in [-0.1, -0.05) is 0 Å². The van der Waals surface area contributed by atoms with Crippen molar-refractivity contribution in [1.29, 1.82) is 5.26 Å². The molecule has 0 amide bonds. The molecule has 0 radical (unpaired) electrons. The molecule has 0 spiro atoms. The first-order valence-electron chi connectivity index (χ1n) is 3.75. The van der Waals surface area contributed by atoms with Gasteiger partial charge in [-0.2, -0.15) is 5.26 Å². The normalized spacial score (nSPS) is 9.46. The van der Waals surface area contributed by atoms with E-state index in [0.717, 1.165) is 11.1 Å². The number of nitrogens with one attached hydrogen (secondary N) is 1. The van der Waals surface area contributed by atoms with Crippen LogP contribution in [0.3, 0.4) is 0 Å². The number of nitrogens with zero attached hydrogens (tertiary/aromatic N) is 3. The van der Waals surface area contributed by atoms with Crippen LogP contribution in [0.1, 0.15) is 5.82 Å². The summed E-state index contributed by atoms with van der Waals surface area (Å²) in [7, 11) is 0. The van der Waals surface area contributed by atoms with E-state index < -0.39 is 0 Å². The van der Waals surface area contributed by atoms with Gasteiger partial charge in [-0.25, -0.2) is 9.97 Å². The third-order valence-corrected chi connectivity index (χ3v) is 1.68. The van der Waals surface area contributed by atoms with Gasteiger partial charge in [0.25, 0.3) is 0 Å². The van der Waals surface area contributed by atoms with Crippen molar-refractivity contribution in [1.82, 2.24) is 15.0 Å². The fourth-order valence-corrected chi connectivity index (χ4v) is 1.04. The maximum absolute atomic E-state index is 8.48. The molecular weight excluding hydrogens is 164 g/mol. The smallest absolute Gasteiger partial charge is 0.232 e. The summed E-state index contributed by atoms with van der Waals surface area (Å²) in [5, 5.41) is 8.48. The largest absolute Gasteiger partial charge is 0.367 e. The second-order valence-electron chi connectivity index (χ2n) is 2.51. The first-order valence-corrected chi connectivity index (χ1v) is 3.75. The molecule has 2 aromatic rings. The van der Waals surface area contributed by atoms with Crippen LogP contribution in [0.25, 0.3) is 11.1 Å². The zero-order valence-electron chi connectivity index (χ0n) is 6.73. The summed E-state index contributed by atoms with van der Waals surface area (Å²) in [6.07, 6.45) is 6.95. The molecule has 62 valence electrons. The Bertz CT molecular complexity index is 422. The molecule has 13 heavy (non-hydrogen) atoms. The van der Waals surface area contributed by atoms with Gasteiger partial charge in [0, 0.05) is 35.9 Å². The van der Waals surface area contributed by atoms with Crippen molar-refractivity contribution in [2.75, 3.05) is 0 Å². The van der Waals surface area contributed by atoms with Crippen LogP contribution in [-0.4, -0.2) is 15.0 Å². The highest BCUT2D eigenvalue weighted by molar-refractivity contribution is 5.60. The molecule has 2 aromatic heterocycles. The first-order chi connectivity index (χ1) is 6.40. The monoisotopic (exact) mass is 170 g/mol. The van der Waals surface area contributed by atoms with Crippen molar-refractivity contribution in [2.45, 2.75) is 0 Å². The number of nitriles is 1. The molecule has 0 saturated carbocycles. The van der Waals surface area contributed by atoms with Gasteiger partial charge in [0.1, 0.15) is 6.07 Å². The van der Waals surface area contributed by atoms with Crippen LogP contribution in [-0.2, 0) is 0 Å². The Morgan fingerprint density at radius 3 is 2.54 bits per heavy atom. The number of H-pyrrole nitrogens is 1. The minimum Gasteiger partial charge on any atom is -0.367 e. The SMILES string of the molecule is N#Cc1ncc(-c2cc[nH]c2)cn1. The molecule has 0 fully saturated rings. The van der Waals surface area contributed by atoms with Crippen LogP contribution in [0.4, 0.5) is 0 Å². The third-order valence-electron chi connectivity index (χ3n) is 1.68. The summed E-state index contributed by atoms with van der Waals surface area (Å²) in [4.78, 5) is 10.7. The number of aromatic amines is 1. The van der Waals surface area contributed by atoms with Crippen molar-refractivity contribution in [3.63, 3.8) is 0 Å². The Kier molecular flexibility index (Phi) is 1.77. The van der Waals surface area contributed by atoms with E-state index in [0.29, 0.717) is 0 Å². The van der Waals surface area contributed by atoms with Gasteiger partial charge in [0.15, 0.2) is 0 Å². The Balaban J connectivity index is 2.40. The van der Waals surface area contributed by atoms with E-state index in [2.05, 4.69) is 15.0 Å². The molecule has 0 saturated heterocycles. The van der Waals surface area contributed by atoms with Crippen LogP contribution in [0.15, 0.2) is 30.9 Å². The quantitative estimate of drug-likeness (QED) is 0.702. The minimum absolute atomic E-state index is 0.194. The molecule has 1 N–H and O–H groups in total. The first kappa shape index (κ1) is 7.50. The highest BCUT2D eigenvalue weighted by Crippen LogP contribution is 2.15. The summed E-state index contributed by atoms with van der Waals surface area (Å²) >= 11 is 0. The second kappa shape index (κ2) is 3.07.